The van der Waals surface area contributed by atoms with E-state index in [0.29, 0.717) is 11.6 Å². The van der Waals surface area contributed by atoms with Gasteiger partial charge in [0.25, 0.3) is 0 Å². The highest BCUT2D eigenvalue weighted by Crippen LogP contribution is 2.21. The van der Waals surface area contributed by atoms with Gasteiger partial charge in [0.1, 0.15) is 17.3 Å². The molecule has 1 heterocycles. The molecule has 0 aliphatic carbocycles. The average Bonchev–Trinajstić information content (AvgIpc) is 2.39. The fourth-order valence-electron chi connectivity index (χ4n) is 1.72. The number of benzene rings is 1. The second kappa shape index (κ2) is 5.80. The van der Waals surface area contributed by atoms with Crippen molar-refractivity contribution in [1.82, 2.24) is 4.98 Å². The van der Waals surface area contributed by atoms with Gasteiger partial charge in [0, 0.05) is 11.8 Å². The average molecular weight is 272 g/mol. The van der Waals surface area contributed by atoms with Crippen molar-refractivity contribution < 1.29 is 4.74 Å². The van der Waals surface area contributed by atoms with E-state index >= 15 is 0 Å². The predicted molar refractivity (Wildman–Crippen MR) is 80.4 cm³/mol. The monoisotopic (exact) mass is 272 g/mol. The molecular weight excluding hydrogens is 256 g/mol. The van der Waals surface area contributed by atoms with E-state index in [-0.39, 0.29) is 0 Å². The van der Waals surface area contributed by atoms with Crippen LogP contribution in [0.5, 0.6) is 5.75 Å². The van der Waals surface area contributed by atoms with E-state index in [0.717, 1.165) is 28.1 Å². The molecule has 0 unspecified atom stereocenters. The Morgan fingerprint density at radius 3 is 2.74 bits per heavy atom. The molecule has 4 heteroatoms. The van der Waals surface area contributed by atoms with Gasteiger partial charge in [0.05, 0.1) is 5.69 Å². The summed E-state index contributed by atoms with van der Waals surface area (Å²) in [4.78, 5) is 4.68. The molecule has 2 rings (SSSR count). The second-order valence-corrected chi connectivity index (χ2v) is 4.84. The summed E-state index contributed by atoms with van der Waals surface area (Å²) in [5.74, 6) is 0.787. The number of nitrogens with zero attached hydrogens (tertiary/aromatic N) is 1. The zero-order chi connectivity index (χ0) is 13.8. The van der Waals surface area contributed by atoms with Gasteiger partial charge in [-0.05, 0) is 37.1 Å². The van der Waals surface area contributed by atoms with E-state index in [4.69, 9.17) is 22.7 Å². The summed E-state index contributed by atoms with van der Waals surface area (Å²) in [6.07, 6.45) is 1.77. The zero-order valence-corrected chi connectivity index (χ0v) is 11.8. The van der Waals surface area contributed by atoms with Gasteiger partial charge < -0.3 is 10.5 Å². The molecule has 2 aromatic rings. The number of hydrogen-bond donors (Lipinski definition) is 1. The normalized spacial score (nSPS) is 10.2. The number of hydrogen-bond acceptors (Lipinski definition) is 3. The number of pyridine rings is 1. The molecule has 2 N–H and O–H groups in total. The van der Waals surface area contributed by atoms with Crippen molar-refractivity contribution in [3.63, 3.8) is 0 Å². The molecule has 19 heavy (non-hydrogen) atoms. The molecule has 0 fully saturated rings. The maximum Gasteiger partial charge on any atom is 0.130 e. The maximum absolute atomic E-state index is 5.82. The van der Waals surface area contributed by atoms with Gasteiger partial charge in [-0.2, -0.15) is 0 Å². The molecule has 1 aromatic heterocycles. The van der Waals surface area contributed by atoms with Crippen LogP contribution in [0, 0.1) is 13.8 Å². The summed E-state index contributed by atoms with van der Waals surface area (Å²) >= 11 is 4.97. The van der Waals surface area contributed by atoms with Crippen molar-refractivity contribution >= 4 is 17.2 Å². The van der Waals surface area contributed by atoms with Crippen LogP contribution < -0.4 is 10.5 Å². The lowest BCUT2D eigenvalue weighted by atomic mass is 10.1. The third-order valence-corrected chi connectivity index (χ3v) is 3.19. The number of rotatable bonds is 4. The Morgan fingerprint density at radius 1 is 1.26 bits per heavy atom. The predicted octanol–water partition coefficient (Wildman–Crippen LogP) is 2.91. The molecule has 0 amide bonds. The third kappa shape index (κ3) is 3.29. The summed E-state index contributed by atoms with van der Waals surface area (Å²) in [6, 6.07) is 9.66. The fourth-order valence-corrected chi connectivity index (χ4v) is 1.85. The van der Waals surface area contributed by atoms with Crippen molar-refractivity contribution in [2.45, 2.75) is 20.5 Å². The standard InChI is InChI=1S/C15H16N2OS/c1-10-4-3-7-17-13(10)9-18-14-8-12(15(16)19)6-5-11(14)2/h3-8H,9H2,1-2H3,(H2,16,19). The molecule has 0 radical (unpaired) electrons. The van der Waals surface area contributed by atoms with Gasteiger partial charge in [-0.1, -0.05) is 30.4 Å². The Hall–Kier alpha value is -1.94. The summed E-state index contributed by atoms with van der Waals surface area (Å²) in [5.41, 5.74) is 9.54. The molecule has 0 bridgehead atoms. The van der Waals surface area contributed by atoms with Gasteiger partial charge in [-0.3, -0.25) is 4.98 Å². The highest BCUT2D eigenvalue weighted by molar-refractivity contribution is 7.80. The Kier molecular flexibility index (Phi) is 4.12. The first-order valence-electron chi connectivity index (χ1n) is 6.01. The van der Waals surface area contributed by atoms with Crippen LogP contribution in [-0.2, 0) is 6.61 Å². The highest BCUT2D eigenvalue weighted by Gasteiger charge is 2.05. The van der Waals surface area contributed by atoms with Crippen LogP contribution in [0.1, 0.15) is 22.4 Å². The van der Waals surface area contributed by atoms with Gasteiger partial charge >= 0.3 is 0 Å². The number of ether oxygens (including phenoxy) is 1. The van der Waals surface area contributed by atoms with E-state index in [1.54, 1.807) is 6.20 Å². The first-order chi connectivity index (χ1) is 9.08. The van der Waals surface area contributed by atoms with Crippen LogP contribution in [0.25, 0.3) is 0 Å². The van der Waals surface area contributed by atoms with Gasteiger partial charge in [0.15, 0.2) is 0 Å². The van der Waals surface area contributed by atoms with E-state index in [1.807, 2.05) is 44.2 Å². The molecule has 1 aromatic carbocycles. The maximum atomic E-state index is 5.82. The lowest BCUT2D eigenvalue weighted by Crippen LogP contribution is -2.10. The largest absolute Gasteiger partial charge is 0.487 e. The van der Waals surface area contributed by atoms with Crippen molar-refractivity contribution in [2.75, 3.05) is 0 Å². The lowest BCUT2D eigenvalue weighted by molar-refractivity contribution is 0.298. The summed E-state index contributed by atoms with van der Waals surface area (Å²) in [6.45, 7) is 4.45. The minimum absolute atomic E-state index is 0.374. The van der Waals surface area contributed by atoms with Crippen molar-refractivity contribution in [3.8, 4) is 5.75 Å². The van der Waals surface area contributed by atoms with Crippen LogP contribution in [0.3, 0.4) is 0 Å². The van der Waals surface area contributed by atoms with E-state index in [1.165, 1.54) is 0 Å². The van der Waals surface area contributed by atoms with Crippen LogP contribution >= 0.6 is 12.2 Å². The fraction of sp³-hybridized carbons (Fsp3) is 0.200. The molecule has 0 saturated heterocycles. The molecule has 0 saturated carbocycles. The van der Waals surface area contributed by atoms with Crippen LogP contribution in [0.2, 0.25) is 0 Å². The molecule has 0 atom stereocenters. The first kappa shape index (κ1) is 13.5. The third-order valence-electron chi connectivity index (χ3n) is 2.95. The summed E-state index contributed by atoms with van der Waals surface area (Å²) < 4.78 is 5.82. The number of thiocarbonyl (C=S) groups is 1. The van der Waals surface area contributed by atoms with Crippen molar-refractivity contribution in [1.29, 1.82) is 0 Å². The molecular formula is C15H16N2OS. The minimum Gasteiger partial charge on any atom is -0.487 e. The molecule has 3 nitrogen and oxygen atoms in total. The highest BCUT2D eigenvalue weighted by atomic mass is 32.1. The summed E-state index contributed by atoms with van der Waals surface area (Å²) in [7, 11) is 0. The number of aromatic nitrogens is 1. The minimum atomic E-state index is 0.374. The first-order valence-corrected chi connectivity index (χ1v) is 6.42. The molecule has 0 spiro atoms. The van der Waals surface area contributed by atoms with Gasteiger partial charge in [-0.15, -0.1) is 0 Å². The van der Waals surface area contributed by atoms with Crippen molar-refractivity contribution in [3.05, 3.63) is 58.9 Å². The van der Waals surface area contributed by atoms with Gasteiger partial charge in [-0.25, -0.2) is 0 Å². The molecule has 0 aliphatic rings. The lowest BCUT2D eigenvalue weighted by Gasteiger charge is -2.11. The SMILES string of the molecule is Cc1ccc(C(N)=S)cc1OCc1ncccc1C. The van der Waals surface area contributed by atoms with Gasteiger partial charge in [0.2, 0.25) is 0 Å². The van der Waals surface area contributed by atoms with E-state index < -0.39 is 0 Å². The second-order valence-electron chi connectivity index (χ2n) is 4.40. The summed E-state index contributed by atoms with van der Waals surface area (Å²) in [5, 5.41) is 0. The van der Waals surface area contributed by atoms with Crippen LogP contribution in [0.15, 0.2) is 36.5 Å². The zero-order valence-electron chi connectivity index (χ0n) is 11.0. The van der Waals surface area contributed by atoms with E-state index in [2.05, 4.69) is 4.98 Å². The number of nitrogens with two attached hydrogens (primary N) is 1. The van der Waals surface area contributed by atoms with Crippen molar-refractivity contribution in [2.24, 2.45) is 5.73 Å². The van der Waals surface area contributed by atoms with Crippen LogP contribution in [0.4, 0.5) is 0 Å². The Bertz CT molecular complexity index is 611. The topological polar surface area (TPSA) is 48.1 Å². The smallest absolute Gasteiger partial charge is 0.130 e. The number of aryl methyl sites for hydroxylation is 2. The Labute approximate surface area is 118 Å². The molecule has 98 valence electrons. The molecule has 0 aliphatic heterocycles. The van der Waals surface area contributed by atoms with E-state index in [9.17, 15) is 0 Å². The quantitative estimate of drug-likeness (QED) is 0.869. The Balaban J connectivity index is 2.17. The van der Waals surface area contributed by atoms with Crippen LogP contribution in [-0.4, -0.2) is 9.97 Å². The Morgan fingerprint density at radius 2 is 2.05 bits per heavy atom.